The molecule has 2 aromatic heterocycles. The molecular formula is C15H20ClN3O2S2. The van der Waals surface area contributed by atoms with Crippen molar-refractivity contribution in [3.63, 3.8) is 0 Å². The normalized spacial score (nSPS) is 16.8. The van der Waals surface area contributed by atoms with Gasteiger partial charge >= 0.3 is 0 Å². The lowest BCUT2D eigenvalue weighted by Gasteiger charge is -2.18. The number of rotatable bonds is 5. The minimum atomic E-state index is -3.31. The fourth-order valence-corrected chi connectivity index (χ4v) is 5.56. The van der Waals surface area contributed by atoms with Crippen molar-refractivity contribution in [2.75, 3.05) is 0 Å². The van der Waals surface area contributed by atoms with Crippen molar-refractivity contribution in [2.24, 2.45) is 7.05 Å². The fourth-order valence-electron chi connectivity index (χ4n) is 2.96. The van der Waals surface area contributed by atoms with E-state index in [0.717, 1.165) is 5.01 Å². The molecule has 1 aliphatic rings. The molecule has 23 heavy (non-hydrogen) atoms. The monoisotopic (exact) mass is 373 g/mol. The Hall–Kier alpha value is -0.920. The standard InChI is InChI=1S/C15H20ClN3O2S2/c1-19-13(16)7-17-14(19)10-23(20,21)9-12-8-22-15(18-12)11-5-3-2-4-6-11/h7-8,11H,2-6,9-10H2,1H3. The Kier molecular flexibility index (Phi) is 5.08. The van der Waals surface area contributed by atoms with E-state index in [0.29, 0.717) is 22.6 Å². The third kappa shape index (κ3) is 4.14. The summed E-state index contributed by atoms with van der Waals surface area (Å²) >= 11 is 7.50. The second kappa shape index (κ2) is 6.91. The Morgan fingerprint density at radius 2 is 2.04 bits per heavy atom. The van der Waals surface area contributed by atoms with Crippen LogP contribution in [-0.2, 0) is 28.4 Å². The van der Waals surface area contributed by atoms with Crippen molar-refractivity contribution >= 4 is 32.8 Å². The molecule has 0 unspecified atom stereocenters. The lowest BCUT2D eigenvalue weighted by molar-refractivity contribution is 0.442. The summed E-state index contributed by atoms with van der Waals surface area (Å²) in [6.45, 7) is 0. The molecule has 0 aliphatic heterocycles. The highest BCUT2D eigenvalue weighted by Gasteiger charge is 2.22. The number of hydrogen-bond donors (Lipinski definition) is 0. The molecule has 8 heteroatoms. The Balaban J connectivity index is 1.68. The smallest absolute Gasteiger partial charge is 0.163 e. The number of aromatic nitrogens is 3. The molecule has 3 rings (SSSR count). The van der Waals surface area contributed by atoms with Gasteiger partial charge in [0, 0.05) is 18.3 Å². The zero-order valence-corrected chi connectivity index (χ0v) is 15.4. The maximum atomic E-state index is 12.4. The maximum Gasteiger partial charge on any atom is 0.163 e. The average molecular weight is 374 g/mol. The van der Waals surface area contributed by atoms with Gasteiger partial charge in [0.1, 0.15) is 16.7 Å². The average Bonchev–Trinajstić information content (AvgIpc) is 3.09. The fraction of sp³-hybridized carbons (Fsp3) is 0.600. The highest BCUT2D eigenvalue weighted by atomic mass is 35.5. The lowest BCUT2D eigenvalue weighted by Crippen LogP contribution is -2.12. The van der Waals surface area contributed by atoms with Gasteiger partial charge in [0.05, 0.1) is 22.7 Å². The van der Waals surface area contributed by atoms with E-state index in [1.807, 2.05) is 5.38 Å². The molecule has 2 heterocycles. The topological polar surface area (TPSA) is 64.8 Å². The van der Waals surface area contributed by atoms with Crippen LogP contribution in [0.25, 0.3) is 0 Å². The van der Waals surface area contributed by atoms with Crippen LogP contribution in [-0.4, -0.2) is 23.0 Å². The van der Waals surface area contributed by atoms with E-state index >= 15 is 0 Å². The van der Waals surface area contributed by atoms with Gasteiger partial charge in [-0.3, -0.25) is 0 Å². The van der Waals surface area contributed by atoms with Crippen molar-refractivity contribution in [3.8, 4) is 0 Å². The summed E-state index contributed by atoms with van der Waals surface area (Å²) in [5, 5.41) is 3.41. The Morgan fingerprint density at radius 3 is 2.70 bits per heavy atom. The Bertz CT molecular complexity index is 776. The molecular weight excluding hydrogens is 354 g/mol. The SMILES string of the molecule is Cn1c(Cl)cnc1CS(=O)(=O)Cc1csc(C2CCCCC2)n1. The van der Waals surface area contributed by atoms with Gasteiger partial charge in [-0.25, -0.2) is 18.4 Å². The van der Waals surface area contributed by atoms with Crippen LogP contribution in [0.15, 0.2) is 11.6 Å². The zero-order valence-electron chi connectivity index (χ0n) is 13.0. The minimum absolute atomic E-state index is 0.0410. The molecule has 1 aliphatic carbocycles. The van der Waals surface area contributed by atoms with E-state index in [2.05, 4.69) is 9.97 Å². The Morgan fingerprint density at radius 1 is 1.30 bits per heavy atom. The molecule has 2 aromatic rings. The largest absolute Gasteiger partial charge is 0.321 e. The first-order chi connectivity index (χ1) is 10.9. The lowest BCUT2D eigenvalue weighted by atomic mass is 9.90. The first-order valence-corrected chi connectivity index (χ1v) is 10.8. The summed E-state index contributed by atoms with van der Waals surface area (Å²) in [6.07, 6.45) is 7.61. The van der Waals surface area contributed by atoms with E-state index in [1.54, 1.807) is 23.0 Å². The van der Waals surface area contributed by atoms with E-state index in [-0.39, 0.29) is 11.5 Å². The number of thiazole rings is 1. The number of hydrogen-bond acceptors (Lipinski definition) is 5. The van der Waals surface area contributed by atoms with Crippen LogP contribution in [0.3, 0.4) is 0 Å². The highest BCUT2D eigenvalue weighted by Crippen LogP contribution is 2.34. The van der Waals surface area contributed by atoms with Crippen molar-refractivity contribution in [1.29, 1.82) is 0 Å². The van der Waals surface area contributed by atoms with Gasteiger partial charge in [0.2, 0.25) is 0 Å². The second-order valence-corrected chi connectivity index (χ2v) is 9.44. The predicted octanol–water partition coefficient (Wildman–Crippen LogP) is 3.69. The number of nitrogens with zero attached hydrogens (tertiary/aromatic N) is 3. The molecule has 0 aromatic carbocycles. The molecule has 0 radical (unpaired) electrons. The van der Waals surface area contributed by atoms with E-state index in [4.69, 9.17) is 11.6 Å². The van der Waals surface area contributed by atoms with Gasteiger partial charge in [-0.1, -0.05) is 30.9 Å². The third-order valence-electron chi connectivity index (χ3n) is 4.27. The van der Waals surface area contributed by atoms with Crippen molar-refractivity contribution in [2.45, 2.75) is 49.5 Å². The van der Waals surface area contributed by atoms with Crippen molar-refractivity contribution < 1.29 is 8.42 Å². The van der Waals surface area contributed by atoms with Gasteiger partial charge in [-0.05, 0) is 12.8 Å². The van der Waals surface area contributed by atoms with Crippen LogP contribution in [0.1, 0.15) is 54.5 Å². The highest BCUT2D eigenvalue weighted by molar-refractivity contribution is 7.89. The third-order valence-corrected chi connectivity index (χ3v) is 7.11. The van der Waals surface area contributed by atoms with Gasteiger partial charge in [0.25, 0.3) is 0 Å². The van der Waals surface area contributed by atoms with Crippen LogP contribution in [0.2, 0.25) is 5.15 Å². The van der Waals surface area contributed by atoms with Crippen molar-refractivity contribution in [1.82, 2.24) is 14.5 Å². The van der Waals surface area contributed by atoms with Crippen LogP contribution >= 0.6 is 22.9 Å². The van der Waals surface area contributed by atoms with Gasteiger partial charge in [0.15, 0.2) is 9.84 Å². The van der Waals surface area contributed by atoms with Crippen LogP contribution in [0.4, 0.5) is 0 Å². The molecule has 126 valence electrons. The summed E-state index contributed by atoms with van der Waals surface area (Å²) in [6, 6.07) is 0. The quantitative estimate of drug-likeness (QED) is 0.801. The van der Waals surface area contributed by atoms with Crippen LogP contribution in [0, 0.1) is 0 Å². The molecule has 0 bridgehead atoms. The van der Waals surface area contributed by atoms with E-state index in [9.17, 15) is 8.42 Å². The molecule has 5 nitrogen and oxygen atoms in total. The molecule has 0 N–H and O–H groups in total. The number of halogens is 1. The molecule has 0 spiro atoms. The van der Waals surface area contributed by atoms with E-state index < -0.39 is 9.84 Å². The Labute approximate surface area is 145 Å². The number of sulfone groups is 1. The molecule has 1 fully saturated rings. The molecule has 0 amide bonds. The first-order valence-electron chi connectivity index (χ1n) is 7.75. The molecule has 0 saturated heterocycles. The van der Waals surface area contributed by atoms with Gasteiger partial charge in [-0.2, -0.15) is 0 Å². The second-order valence-electron chi connectivity index (χ2n) is 6.10. The molecule has 1 saturated carbocycles. The summed E-state index contributed by atoms with van der Waals surface area (Å²) in [5.41, 5.74) is 0.649. The summed E-state index contributed by atoms with van der Waals surface area (Å²) < 4.78 is 26.4. The predicted molar refractivity (Wildman–Crippen MR) is 92.5 cm³/mol. The van der Waals surface area contributed by atoms with Gasteiger partial charge < -0.3 is 4.57 Å². The van der Waals surface area contributed by atoms with Crippen LogP contribution < -0.4 is 0 Å². The minimum Gasteiger partial charge on any atom is -0.321 e. The first kappa shape index (κ1) is 16.9. The van der Waals surface area contributed by atoms with Gasteiger partial charge in [-0.15, -0.1) is 11.3 Å². The molecule has 0 atom stereocenters. The zero-order chi connectivity index (χ0) is 16.4. The number of imidazole rings is 1. The summed E-state index contributed by atoms with van der Waals surface area (Å²) in [4.78, 5) is 8.63. The summed E-state index contributed by atoms with van der Waals surface area (Å²) in [7, 11) is -1.60. The van der Waals surface area contributed by atoms with E-state index in [1.165, 1.54) is 38.3 Å². The maximum absolute atomic E-state index is 12.4. The van der Waals surface area contributed by atoms with Crippen LogP contribution in [0.5, 0.6) is 0 Å². The summed E-state index contributed by atoms with van der Waals surface area (Å²) in [5.74, 6) is 0.809. The van der Waals surface area contributed by atoms with Crippen molar-refractivity contribution in [3.05, 3.63) is 33.3 Å².